The van der Waals surface area contributed by atoms with Crippen molar-refractivity contribution in [1.29, 1.82) is 0 Å². The van der Waals surface area contributed by atoms with Gasteiger partial charge in [-0.3, -0.25) is 0 Å². The third kappa shape index (κ3) is 3.11. The van der Waals surface area contributed by atoms with Crippen molar-refractivity contribution in [3.63, 3.8) is 0 Å². The molecule has 4 nitrogen and oxygen atoms in total. The highest BCUT2D eigenvalue weighted by Crippen LogP contribution is 2.25. The largest absolute Gasteiger partial charge is 0.315 e. The molecule has 1 atom stereocenters. The predicted octanol–water partition coefficient (Wildman–Crippen LogP) is 1.63. The molecule has 0 radical (unpaired) electrons. The van der Waals surface area contributed by atoms with Gasteiger partial charge in [0.05, 0.1) is 5.02 Å². The number of halogens is 2. The lowest BCUT2D eigenvalue weighted by atomic mass is 10.3. The van der Waals surface area contributed by atoms with Crippen molar-refractivity contribution in [1.82, 2.24) is 10.0 Å². The minimum atomic E-state index is -3.57. The molecule has 1 saturated heterocycles. The summed E-state index contributed by atoms with van der Waals surface area (Å²) in [6.45, 7) is 1.46. The molecule has 0 aliphatic carbocycles. The van der Waals surface area contributed by atoms with E-state index in [1.165, 1.54) is 18.2 Å². The van der Waals surface area contributed by atoms with Crippen molar-refractivity contribution in [2.75, 3.05) is 13.1 Å². The molecule has 1 aliphatic heterocycles. The van der Waals surface area contributed by atoms with Crippen molar-refractivity contribution in [2.24, 2.45) is 0 Å². The van der Waals surface area contributed by atoms with E-state index in [9.17, 15) is 8.42 Å². The van der Waals surface area contributed by atoms with E-state index in [-0.39, 0.29) is 16.0 Å². The van der Waals surface area contributed by atoms with E-state index in [1.807, 2.05) is 0 Å². The number of hydrogen-bond donors (Lipinski definition) is 2. The SMILES string of the molecule is O=S(=O)(NC1CCNC1)c1ccc(Cl)cc1Cl. The molecule has 1 aromatic rings. The van der Waals surface area contributed by atoms with E-state index in [1.54, 1.807) is 0 Å². The van der Waals surface area contributed by atoms with Gasteiger partial charge in [0.25, 0.3) is 0 Å². The molecule has 94 valence electrons. The summed E-state index contributed by atoms with van der Waals surface area (Å²) >= 11 is 11.6. The van der Waals surface area contributed by atoms with Gasteiger partial charge in [0, 0.05) is 17.6 Å². The van der Waals surface area contributed by atoms with Crippen LogP contribution in [0, 0.1) is 0 Å². The Balaban J connectivity index is 2.24. The van der Waals surface area contributed by atoms with Gasteiger partial charge >= 0.3 is 0 Å². The first-order valence-corrected chi connectivity index (χ1v) is 7.41. The van der Waals surface area contributed by atoms with Crippen molar-refractivity contribution in [2.45, 2.75) is 17.4 Å². The lowest BCUT2D eigenvalue weighted by Gasteiger charge is -2.13. The number of sulfonamides is 1. The number of benzene rings is 1. The fourth-order valence-corrected chi connectivity index (χ4v) is 3.77. The zero-order valence-electron chi connectivity index (χ0n) is 8.91. The monoisotopic (exact) mass is 294 g/mol. The van der Waals surface area contributed by atoms with E-state index in [0.717, 1.165) is 13.0 Å². The smallest absolute Gasteiger partial charge is 0.242 e. The van der Waals surface area contributed by atoms with Crippen molar-refractivity contribution in [3.05, 3.63) is 28.2 Å². The first-order valence-electron chi connectivity index (χ1n) is 5.17. The second-order valence-corrected chi connectivity index (χ2v) is 6.41. The zero-order chi connectivity index (χ0) is 12.5. The lowest BCUT2D eigenvalue weighted by molar-refractivity contribution is 0.560. The molecule has 1 fully saturated rings. The number of nitrogens with one attached hydrogen (secondary N) is 2. The van der Waals surface area contributed by atoms with Crippen LogP contribution in [-0.4, -0.2) is 27.5 Å². The van der Waals surface area contributed by atoms with Crippen molar-refractivity contribution >= 4 is 33.2 Å². The normalized spacial score (nSPS) is 20.7. The van der Waals surface area contributed by atoms with Crippen LogP contribution in [0.5, 0.6) is 0 Å². The highest BCUT2D eigenvalue weighted by Gasteiger charge is 2.24. The summed E-state index contributed by atoms with van der Waals surface area (Å²) in [5, 5.41) is 3.64. The molecule has 1 aromatic carbocycles. The van der Waals surface area contributed by atoms with Gasteiger partial charge in [0.1, 0.15) is 4.90 Å². The maximum absolute atomic E-state index is 12.1. The van der Waals surface area contributed by atoms with Crippen molar-refractivity contribution < 1.29 is 8.42 Å². The third-order valence-electron chi connectivity index (χ3n) is 2.57. The summed E-state index contributed by atoms with van der Waals surface area (Å²) < 4.78 is 26.7. The van der Waals surface area contributed by atoms with Crippen molar-refractivity contribution in [3.8, 4) is 0 Å². The van der Waals surface area contributed by atoms with Gasteiger partial charge in [-0.1, -0.05) is 23.2 Å². The Bertz CT molecular complexity index is 513. The van der Waals surface area contributed by atoms with Crippen LogP contribution < -0.4 is 10.0 Å². The minimum absolute atomic E-state index is 0.0652. The van der Waals surface area contributed by atoms with Crippen LogP contribution in [0.4, 0.5) is 0 Å². The van der Waals surface area contributed by atoms with Gasteiger partial charge in [0.2, 0.25) is 10.0 Å². The number of rotatable bonds is 3. The molecule has 1 aliphatic rings. The maximum Gasteiger partial charge on any atom is 0.242 e. The molecule has 0 amide bonds. The molecule has 1 heterocycles. The van der Waals surface area contributed by atoms with E-state index >= 15 is 0 Å². The van der Waals surface area contributed by atoms with Crippen LogP contribution in [-0.2, 0) is 10.0 Å². The van der Waals surface area contributed by atoms with E-state index in [0.29, 0.717) is 11.6 Å². The Hall–Kier alpha value is -0.330. The fraction of sp³-hybridized carbons (Fsp3) is 0.400. The molecule has 1 unspecified atom stereocenters. The van der Waals surface area contributed by atoms with Gasteiger partial charge in [-0.15, -0.1) is 0 Å². The molecule has 0 spiro atoms. The quantitative estimate of drug-likeness (QED) is 0.891. The molecule has 7 heteroatoms. The summed E-state index contributed by atoms with van der Waals surface area (Å²) in [5.41, 5.74) is 0. The van der Waals surface area contributed by atoms with Gasteiger partial charge in [0.15, 0.2) is 0 Å². The van der Waals surface area contributed by atoms with Crippen LogP contribution in [0.3, 0.4) is 0 Å². The highest BCUT2D eigenvalue weighted by atomic mass is 35.5. The Labute approximate surface area is 110 Å². The summed E-state index contributed by atoms with van der Waals surface area (Å²) in [6, 6.07) is 4.27. The Morgan fingerprint density at radius 2 is 2.12 bits per heavy atom. The molecule has 2 N–H and O–H groups in total. The maximum atomic E-state index is 12.1. The van der Waals surface area contributed by atoms with Crippen LogP contribution in [0.1, 0.15) is 6.42 Å². The van der Waals surface area contributed by atoms with Crippen LogP contribution in [0.25, 0.3) is 0 Å². The summed E-state index contributed by atoms with van der Waals surface area (Å²) in [4.78, 5) is 0.0652. The molecular weight excluding hydrogens is 283 g/mol. The first-order chi connectivity index (χ1) is 7.99. The topological polar surface area (TPSA) is 58.2 Å². The Morgan fingerprint density at radius 3 is 2.71 bits per heavy atom. The van der Waals surface area contributed by atoms with Gasteiger partial charge in [-0.2, -0.15) is 0 Å². The second-order valence-electron chi connectivity index (χ2n) is 3.89. The lowest BCUT2D eigenvalue weighted by Crippen LogP contribution is -2.36. The van der Waals surface area contributed by atoms with Crippen LogP contribution in [0.2, 0.25) is 10.0 Å². The Kier molecular flexibility index (Phi) is 3.95. The second kappa shape index (κ2) is 5.12. The molecule has 0 bridgehead atoms. The first kappa shape index (κ1) is 13.1. The zero-order valence-corrected chi connectivity index (χ0v) is 11.2. The summed E-state index contributed by atoms with van der Waals surface area (Å²) in [7, 11) is -3.57. The van der Waals surface area contributed by atoms with E-state index in [2.05, 4.69) is 10.0 Å². The molecule has 2 rings (SSSR count). The predicted molar refractivity (Wildman–Crippen MR) is 68.1 cm³/mol. The molecule has 0 aromatic heterocycles. The third-order valence-corrected chi connectivity index (χ3v) is 4.80. The standard InChI is InChI=1S/C10H12Cl2N2O2S/c11-7-1-2-10(9(12)5-7)17(15,16)14-8-3-4-13-6-8/h1-2,5,8,13-14H,3-4,6H2. The highest BCUT2D eigenvalue weighted by molar-refractivity contribution is 7.89. The summed E-state index contributed by atoms with van der Waals surface area (Å²) in [5.74, 6) is 0. The molecule has 0 saturated carbocycles. The number of hydrogen-bond acceptors (Lipinski definition) is 3. The van der Waals surface area contributed by atoms with Crippen LogP contribution >= 0.6 is 23.2 Å². The average Bonchev–Trinajstić information content (AvgIpc) is 2.68. The molecule has 17 heavy (non-hydrogen) atoms. The summed E-state index contributed by atoms with van der Waals surface area (Å²) in [6.07, 6.45) is 0.782. The average molecular weight is 295 g/mol. The van der Waals surface area contributed by atoms with Gasteiger partial charge in [-0.05, 0) is 31.2 Å². The Morgan fingerprint density at radius 1 is 1.35 bits per heavy atom. The van der Waals surface area contributed by atoms with Crippen LogP contribution in [0.15, 0.2) is 23.1 Å². The van der Waals surface area contributed by atoms with Gasteiger partial charge < -0.3 is 5.32 Å². The molecular formula is C10H12Cl2N2O2S. The van der Waals surface area contributed by atoms with E-state index in [4.69, 9.17) is 23.2 Å². The minimum Gasteiger partial charge on any atom is -0.315 e. The van der Waals surface area contributed by atoms with Gasteiger partial charge in [-0.25, -0.2) is 13.1 Å². The van der Waals surface area contributed by atoms with E-state index < -0.39 is 10.0 Å². The fourth-order valence-electron chi connectivity index (χ4n) is 1.73.